The Hall–Kier alpha value is -2.24. The van der Waals surface area contributed by atoms with Crippen LogP contribution in [0.2, 0.25) is 0 Å². The molecular weight excluding hydrogens is 358 g/mol. The molecule has 0 aliphatic heterocycles. The van der Waals surface area contributed by atoms with Gasteiger partial charge in [-0.05, 0) is 12.3 Å². The largest absolute Gasteiger partial charge is 0.273 e. The predicted octanol–water partition coefficient (Wildman–Crippen LogP) is 2.91. The number of hydrogen-bond donors (Lipinski definition) is 1. The van der Waals surface area contributed by atoms with Crippen molar-refractivity contribution in [1.29, 1.82) is 5.26 Å². The van der Waals surface area contributed by atoms with E-state index in [-0.39, 0.29) is 5.92 Å². The minimum absolute atomic E-state index is 0.179. The Morgan fingerprint density at radius 2 is 2.00 bits per heavy atom. The highest BCUT2D eigenvalue weighted by Crippen LogP contribution is 2.30. The normalized spacial score (nSPS) is 12.6. The first-order valence-electron chi connectivity index (χ1n) is 7.74. The summed E-state index contributed by atoms with van der Waals surface area (Å²) < 4.78 is 25.4. The number of hydrogen-bond acceptors (Lipinski definition) is 6. The van der Waals surface area contributed by atoms with Crippen molar-refractivity contribution < 1.29 is 13.2 Å². The lowest BCUT2D eigenvalue weighted by molar-refractivity contribution is -0.121. The SMILES string of the molecule is CC(C)CC(C(=O)NS(=O)(=O)CC#N)c1nc(-c2ccccc2)cs1. The summed E-state index contributed by atoms with van der Waals surface area (Å²) in [6, 6.07) is 11.1. The number of benzene rings is 1. The second-order valence-electron chi connectivity index (χ2n) is 6.00. The number of nitriles is 1. The lowest BCUT2D eigenvalue weighted by atomic mass is 9.97. The standard InChI is InChI=1S/C17H19N3O3S2/c1-12(2)10-14(16(21)20-25(22,23)9-8-18)17-19-15(11-24-17)13-6-4-3-5-7-13/h3-7,11-12,14H,9-10H2,1-2H3,(H,20,21). The van der Waals surface area contributed by atoms with Crippen LogP contribution in [0.25, 0.3) is 11.3 Å². The van der Waals surface area contributed by atoms with Crippen molar-refractivity contribution in [2.45, 2.75) is 26.2 Å². The van der Waals surface area contributed by atoms with Crippen LogP contribution in [0.15, 0.2) is 35.7 Å². The summed E-state index contributed by atoms with van der Waals surface area (Å²) >= 11 is 1.33. The fraction of sp³-hybridized carbons (Fsp3) is 0.353. The molecule has 6 nitrogen and oxygen atoms in total. The Bertz CT molecular complexity index is 868. The van der Waals surface area contributed by atoms with Gasteiger partial charge in [0.25, 0.3) is 0 Å². The third kappa shape index (κ3) is 5.37. The van der Waals surface area contributed by atoms with Crippen LogP contribution in [0.3, 0.4) is 0 Å². The van der Waals surface area contributed by atoms with Gasteiger partial charge in [-0.15, -0.1) is 11.3 Å². The van der Waals surface area contributed by atoms with Gasteiger partial charge in [-0.1, -0.05) is 44.2 Å². The van der Waals surface area contributed by atoms with Crippen molar-refractivity contribution in [3.8, 4) is 17.3 Å². The van der Waals surface area contributed by atoms with Crippen LogP contribution >= 0.6 is 11.3 Å². The Balaban J connectivity index is 2.28. The summed E-state index contributed by atoms with van der Waals surface area (Å²) in [7, 11) is -3.95. The summed E-state index contributed by atoms with van der Waals surface area (Å²) in [6.07, 6.45) is 0.468. The Labute approximate surface area is 151 Å². The third-order valence-electron chi connectivity index (χ3n) is 3.42. The lowest BCUT2D eigenvalue weighted by Crippen LogP contribution is -2.36. The molecule has 1 heterocycles. The quantitative estimate of drug-likeness (QED) is 0.800. The molecule has 2 rings (SSSR count). The molecule has 0 saturated heterocycles. The van der Waals surface area contributed by atoms with Crippen LogP contribution in [0.4, 0.5) is 0 Å². The van der Waals surface area contributed by atoms with Gasteiger partial charge < -0.3 is 0 Å². The highest BCUT2D eigenvalue weighted by Gasteiger charge is 2.28. The average Bonchev–Trinajstić information content (AvgIpc) is 3.02. The van der Waals surface area contributed by atoms with E-state index in [1.54, 1.807) is 6.07 Å². The van der Waals surface area contributed by atoms with Crippen LogP contribution in [0.5, 0.6) is 0 Å². The molecule has 1 N–H and O–H groups in total. The molecule has 0 saturated carbocycles. The van der Waals surface area contributed by atoms with Crippen LogP contribution < -0.4 is 4.72 Å². The van der Waals surface area contributed by atoms with E-state index < -0.39 is 27.6 Å². The zero-order valence-corrected chi connectivity index (χ0v) is 15.6. The van der Waals surface area contributed by atoms with Gasteiger partial charge in [0.1, 0.15) is 5.01 Å². The molecule has 1 aromatic carbocycles. The van der Waals surface area contributed by atoms with Crippen LogP contribution in [-0.2, 0) is 14.8 Å². The minimum Gasteiger partial charge on any atom is -0.273 e. The molecule has 1 unspecified atom stereocenters. The fourth-order valence-corrected chi connectivity index (χ4v) is 3.96. The van der Waals surface area contributed by atoms with Gasteiger partial charge in [0, 0.05) is 10.9 Å². The van der Waals surface area contributed by atoms with Crippen molar-refractivity contribution >= 4 is 27.3 Å². The molecule has 0 aliphatic rings. The molecule has 1 amide bonds. The molecular formula is C17H19N3O3S2. The van der Waals surface area contributed by atoms with Gasteiger partial charge in [-0.25, -0.2) is 13.4 Å². The monoisotopic (exact) mass is 377 g/mol. The van der Waals surface area contributed by atoms with Crippen LogP contribution in [-0.4, -0.2) is 25.1 Å². The maximum absolute atomic E-state index is 12.5. The van der Waals surface area contributed by atoms with Gasteiger partial charge in [0.05, 0.1) is 17.7 Å². The zero-order valence-electron chi connectivity index (χ0n) is 14.0. The van der Waals surface area contributed by atoms with E-state index in [2.05, 4.69) is 4.98 Å². The molecule has 0 aliphatic carbocycles. The molecule has 1 aromatic heterocycles. The van der Waals surface area contributed by atoms with Gasteiger partial charge in [0.2, 0.25) is 15.9 Å². The number of thiazole rings is 1. The predicted molar refractivity (Wildman–Crippen MR) is 97.3 cm³/mol. The van der Waals surface area contributed by atoms with E-state index in [1.807, 2.05) is 54.3 Å². The van der Waals surface area contributed by atoms with E-state index >= 15 is 0 Å². The molecule has 0 fully saturated rings. The number of carbonyl (C=O) groups is 1. The van der Waals surface area contributed by atoms with Gasteiger partial charge in [0.15, 0.2) is 5.75 Å². The van der Waals surface area contributed by atoms with Crippen LogP contribution in [0, 0.1) is 17.2 Å². The zero-order chi connectivity index (χ0) is 18.4. The minimum atomic E-state index is -3.95. The average molecular weight is 377 g/mol. The number of sulfonamides is 1. The van der Waals surface area contributed by atoms with E-state index in [0.717, 1.165) is 11.3 Å². The first kappa shape index (κ1) is 19.1. The fourth-order valence-electron chi connectivity index (χ4n) is 2.33. The molecule has 132 valence electrons. The maximum Gasteiger partial charge on any atom is 0.248 e. The summed E-state index contributed by atoms with van der Waals surface area (Å²) in [5.74, 6) is -1.88. The third-order valence-corrected chi connectivity index (χ3v) is 5.40. The van der Waals surface area contributed by atoms with Crippen LogP contribution in [0.1, 0.15) is 31.2 Å². The van der Waals surface area contributed by atoms with E-state index in [4.69, 9.17) is 5.26 Å². The number of aromatic nitrogens is 1. The Morgan fingerprint density at radius 1 is 1.32 bits per heavy atom. The smallest absolute Gasteiger partial charge is 0.248 e. The van der Waals surface area contributed by atoms with Crippen molar-refractivity contribution in [3.05, 3.63) is 40.7 Å². The summed E-state index contributed by atoms with van der Waals surface area (Å²) in [5.41, 5.74) is 1.69. The molecule has 0 radical (unpaired) electrons. The van der Waals surface area contributed by atoms with Gasteiger partial charge >= 0.3 is 0 Å². The lowest BCUT2D eigenvalue weighted by Gasteiger charge is -2.16. The highest BCUT2D eigenvalue weighted by molar-refractivity contribution is 7.90. The Morgan fingerprint density at radius 3 is 2.60 bits per heavy atom. The van der Waals surface area contributed by atoms with Crippen molar-refractivity contribution in [1.82, 2.24) is 9.71 Å². The Kier molecular flexibility index (Phi) is 6.28. The topological polar surface area (TPSA) is 99.9 Å². The highest BCUT2D eigenvalue weighted by atomic mass is 32.2. The van der Waals surface area contributed by atoms with Gasteiger partial charge in [-0.3, -0.25) is 9.52 Å². The number of nitrogens with zero attached hydrogens (tertiary/aromatic N) is 2. The summed E-state index contributed by atoms with van der Waals surface area (Å²) in [6.45, 7) is 3.91. The maximum atomic E-state index is 12.5. The van der Waals surface area contributed by atoms with Gasteiger partial charge in [-0.2, -0.15) is 5.26 Å². The van der Waals surface area contributed by atoms with Crippen molar-refractivity contribution in [2.24, 2.45) is 5.92 Å². The molecule has 2 aromatic rings. The first-order chi connectivity index (χ1) is 11.8. The van der Waals surface area contributed by atoms with Crippen molar-refractivity contribution in [2.75, 3.05) is 5.75 Å². The first-order valence-corrected chi connectivity index (χ1v) is 10.3. The number of rotatable bonds is 7. The summed E-state index contributed by atoms with van der Waals surface area (Å²) in [5, 5.41) is 11.0. The second kappa shape index (κ2) is 8.23. The molecule has 1 atom stereocenters. The second-order valence-corrected chi connectivity index (χ2v) is 8.61. The molecule has 0 spiro atoms. The number of nitrogens with one attached hydrogen (secondary N) is 1. The number of amides is 1. The van der Waals surface area contributed by atoms with E-state index in [1.165, 1.54) is 11.3 Å². The van der Waals surface area contributed by atoms with E-state index in [9.17, 15) is 13.2 Å². The van der Waals surface area contributed by atoms with Crippen molar-refractivity contribution in [3.63, 3.8) is 0 Å². The summed E-state index contributed by atoms with van der Waals surface area (Å²) in [4.78, 5) is 17.0. The number of carbonyl (C=O) groups excluding carboxylic acids is 1. The molecule has 0 bridgehead atoms. The van der Waals surface area contributed by atoms with E-state index in [0.29, 0.717) is 11.4 Å². The molecule has 8 heteroatoms. The molecule has 25 heavy (non-hydrogen) atoms.